The zero-order valence-electron chi connectivity index (χ0n) is 73.4. The molecule has 0 aliphatic heterocycles. The zero-order chi connectivity index (χ0) is 91.4. The first-order chi connectivity index (χ1) is 66.0. The van der Waals surface area contributed by atoms with Crippen LogP contribution in [0.25, 0.3) is 223 Å². The van der Waals surface area contributed by atoms with E-state index in [1.54, 1.807) is 79.9 Å². The highest BCUT2D eigenvalue weighted by Crippen LogP contribution is 2.42. The SMILES string of the molecule is CC(C)(C)C(=O)Nc1cncc(-c2ccc3[nH]nc(-c4nc5c(-c6ccoc6)cccc5[nH]4)c3c2)c1.CC(C)Nc1cncc(-c2ccc3[nH]nc(-c4nc5c(-c6ccoc6)cccc5[nH]4)c3c2)c1.Nc1cncc(-c2ccc3[nH]nc(-c4nc5c(-c6ccoc6)cccc5[nH]4)c3c2)c1.O=C(Nc1cncc(-c2ccc3[nH]nc(-c4nc5c(-c6ccsc6)cccc5[nH]4)c3c2)c1)C1CCC1. The summed E-state index contributed by atoms with van der Waals surface area (Å²) in [7, 11) is 0. The molecule has 1 saturated carbocycles. The molecule has 16 aromatic heterocycles. The van der Waals surface area contributed by atoms with E-state index >= 15 is 0 Å². The number of hydrogen-bond donors (Lipinski definition) is 12. The minimum Gasteiger partial charge on any atom is -0.472 e. The number of para-hydroxylation sites is 4. The van der Waals surface area contributed by atoms with Gasteiger partial charge in [0.05, 0.1) is 139 Å². The lowest BCUT2D eigenvalue weighted by Crippen LogP contribution is -2.28. The van der Waals surface area contributed by atoms with Crippen molar-refractivity contribution in [1.82, 2.24) is 101 Å². The molecule has 2 amide bonds. The first-order valence-corrected chi connectivity index (χ1v) is 44.9. The molecule has 1 fully saturated rings. The van der Waals surface area contributed by atoms with Gasteiger partial charge in [0, 0.05) is 137 Å². The maximum Gasteiger partial charge on any atom is 0.229 e. The summed E-state index contributed by atoms with van der Waals surface area (Å²) in [6.07, 6.45) is 27.3. The first-order valence-electron chi connectivity index (χ1n) is 44.0. The van der Waals surface area contributed by atoms with Crippen molar-refractivity contribution in [1.29, 1.82) is 0 Å². The molecule has 24 aromatic rings. The van der Waals surface area contributed by atoms with Crippen LogP contribution in [-0.4, -0.2) is 118 Å². The van der Waals surface area contributed by atoms with E-state index in [0.29, 0.717) is 29.1 Å². The third kappa shape index (κ3) is 16.6. The van der Waals surface area contributed by atoms with Crippen LogP contribution in [0.15, 0.2) is 305 Å². The topological polar surface area (TPSA) is 417 Å². The summed E-state index contributed by atoms with van der Waals surface area (Å²) in [6.45, 7) is 9.86. The van der Waals surface area contributed by atoms with E-state index in [4.69, 9.17) is 38.9 Å². The number of thiophene rings is 1. The van der Waals surface area contributed by atoms with E-state index in [1.165, 1.54) is 0 Å². The van der Waals surface area contributed by atoms with Crippen molar-refractivity contribution in [2.75, 3.05) is 21.7 Å². The highest BCUT2D eigenvalue weighted by molar-refractivity contribution is 7.08. The van der Waals surface area contributed by atoms with Gasteiger partial charge in [-0.2, -0.15) is 31.7 Å². The highest BCUT2D eigenvalue weighted by Gasteiger charge is 2.28. The van der Waals surface area contributed by atoms with Gasteiger partial charge in [0.25, 0.3) is 0 Å². The van der Waals surface area contributed by atoms with Crippen molar-refractivity contribution in [3.63, 3.8) is 0 Å². The number of imidazole rings is 4. The summed E-state index contributed by atoms with van der Waals surface area (Å²) >= 11 is 1.67. The van der Waals surface area contributed by atoms with Crippen molar-refractivity contribution < 1.29 is 22.8 Å². The number of furan rings is 3. The molecular weight excluding hydrogens is 1710 g/mol. The molecule has 25 rings (SSSR count). The number of nitrogens with one attached hydrogen (secondary N) is 11. The van der Waals surface area contributed by atoms with Crippen LogP contribution in [0, 0.1) is 11.3 Å². The van der Waals surface area contributed by atoms with E-state index in [2.05, 4.69) is 170 Å². The number of carbonyl (C=O) groups is 2. The second kappa shape index (κ2) is 34.9. The van der Waals surface area contributed by atoms with Gasteiger partial charge in [0.15, 0.2) is 23.3 Å². The predicted molar refractivity (Wildman–Crippen MR) is 531 cm³/mol. The second-order valence-electron chi connectivity index (χ2n) is 34.5. The molecule has 0 saturated heterocycles. The summed E-state index contributed by atoms with van der Waals surface area (Å²) in [5, 5.41) is 48.2. The van der Waals surface area contributed by atoms with Crippen LogP contribution < -0.4 is 21.7 Å². The van der Waals surface area contributed by atoms with E-state index < -0.39 is 5.41 Å². The number of carbonyl (C=O) groups excluding carboxylic acids is 2. The number of aromatic nitrogens is 20. The number of nitrogens with two attached hydrogens (primary N) is 1. The summed E-state index contributed by atoms with van der Waals surface area (Å²) in [4.78, 5) is 75.5. The van der Waals surface area contributed by atoms with Crippen molar-refractivity contribution in [2.24, 2.45) is 11.3 Å². The standard InChI is InChI=1S/C28H24N6O2.C28H22N6OS.C26H22N6O.C23H16N6O/c1-28(2,3)27(35)30-19-11-18(13-29-14-19)16-7-8-22-21(12-16)25(34-33-22)26-31-23-6-4-5-20(24(23)32-26)17-9-10-36-15-17;35-28(16-3-1-4-16)30-20-11-19(13-29-14-20)17-7-8-23-22(12-17)26(34-33-23)27-31-24-6-2-5-21(25(24)32-27)18-9-10-36-15-18;1-15(2)28-19-10-18(12-27-13-19)16-6-7-22-21(11-16)25(32-31-22)26-29-23-5-3-4-20(24(23)30-26)17-8-9-33-14-17;24-16-8-15(10-25-11-16)13-4-5-19-18(9-13)22(29-28-19)23-26-20-3-1-2-17(21(20)27-23)14-6-7-30-12-14/h4-15H,1-3H3,(H,30,35)(H,31,32)(H,33,34);2,5-16H,1,3-4H2,(H,30,35)(H,31,32)(H,33,34);3-15,28H,1-2H3,(H,29,30)(H,31,32);1-12H,24H2,(H,26,27)(H,28,29). The van der Waals surface area contributed by atoms with Gasteiger partial charge in [-0.25, -0.2) is 19.9 Å². The third-order valence-electron chi connectivity index (χ3n) is 24.0. The molecule has 29 nitrogen and oxygen atoms in total. The van der Waals surface area contributed by atoms with Gasteiger partial charge in [-0.05, 0) is 187 Å². The summed E-state index contributed by atoms with van der Waals surface area (Å²) in [6, 6.07) is 65.0. The quantitative estimate of drug-likeness (QED) is 0.0403. The number of rotatable bonds is 17. The summed E-state index contributed by atoms with van der Waals surface area (Å²) in [5.41, 5.74) is 38.6. The van der Waals surface area contributed by atoms with Crippen LogP contribution in [0.5, 0.6) is 0 Å². The van der Waals surface area contributed by atoms with Crippen LogP contribution in [0.1, 0.15) is 53.9 Å². The van der Waals surface area contributed by atoms with Gasteiger partial charge in [0.1, 0.15) is 22.8 Å². The molecule has 0 spiro atoms. The molecule has 13 N–H and O–H groups in total. The van der Waals surface area contributed by atoms with Crippen LogP contribution in [0.2, 0.25) is 0 Å². The molecule has 8 aromatic carbocycles. The molecule has 16 heterocycles. The number of fused-ring (bicyclic) bond motifs is 8. The van der Waals surface area contributed by atoms with Crippen LogP contribution in [0.4, 0.5) is 22.7 Å². The number of nitrogen functional groups attached to an aromatic ring is 1. The predicted octanol–water partition coefficient (Wildman–Crippen LogP) is 24.3. The number of nitrogens with zero attached hydrogens (tertiary/aromatic N) is 12. The number of hydrogen-bond acceptors (Lipinski definition) is 20. The van der Waals surface area contributed by atoms with E-state index in [0.717, 1.165) is 242 Å². The molecule has 0 radical (unpaired) electrons. The van der Waals surface area contributed by atoms with Gasteiger partial charge >= 0.3 is 0 Å². The number of benzene rings is 8. The maximum atomic E-state index is 12.4. The lowest BCUT2D eigenvalue weighted by molar-refractivity contribution is -0.123. The molecule has 0 bridgehead atoms. The number of aromatic amines is 8. The normalized spacial score (nSPS) is 12.2. The average Bonchev–Trinajstić information content (AvgIpc) is 1.63. The lowest BCUT2D eigenvalue weighted by Gasteiger charge is -2.24. The Hall–Kier alpha value is -17.8. The van der Waals surface area contributed by atoms with Crippen LogP contribution in [-0.2, 0) is 9.59 Å². The van der Waals surface area contributed by atoms with Gasteiger partial charge in [0.2, 0.25) is 11.8 Å². The lowest BCUT2D eigenvalue weighted by atomic mass is 9.85. The fourth-order valence-corrected chi connectivity index (χ4v) is 17.5. The van der Waals surface area contributed by atoms with Crippen LogP contribution >= 0.6 is 11.3 Å². The third-order valence-corrected chi connectivity index (χ3v) is 24.7. The Morgan fingerprint density at radius 2 is 0.741 bits per heavy atom. The molecule has 30 heteroatoms. The van der Waals surface area contributed by atoms with Crippen molar-refractivity contribution in [3.05, 3.63) is 292 Å². The van der Waals surface area contributed by atoms with E-state index in [1.807, 2.05) is 185 Å². The smallest absolute Gasteiger partial charge is 0.229 e. The first kappa shape index (κ1) is 82.9. The number of amides is 2. The van der Waals surface area contributed by atoms with E-state index in [9.17, 15) is 9.59 Å². The van der Waals surface area contributed by atoms with Crippen LogP contribution in [0.3, 0.4) is 0 Å². The fraction of sp³-hybridized carbons (Fsp3) is 0.105. The Bertz CT molecular complexity index is 8510. The Kier molecular flexibility index (Phi) is 21.4. The van der Waals surface area contributed by atoms with Gasteiger partial charge in [-0.3, -0.25) is 49.9 Å². The molecule has 660 valence electrons. The van der Waals surface area contributed by atoms with Crippen molar-refractivity contribution in [3.8, 4) is 135 Å². The minimum atomic E-state index is -0.495. The highest BCUT2D eigenvalue weighted by atomic mass is 32.1. The zero-order valence-corrected chi connectivity index (χ0v) is 74.2. The second-order valence-corrected chi connectivity index (χ2v) is 35.3. The Morgan fingerprint density at radius 3 is 1.07 bits per heavy atom. The molecule has 0 atom stereocenters. The molecular formula is C105H84N24O5S. The minimum absolute atomic E-state index is 0.0614. The summed E-state index contributed by atoms with van der Waals surface area (Å²) in [5.74, 6) is 2.97. The Labute approximate surface area is 772 Å². The molecule has 0 unspecified atom stereocenters. The number of anilines is 4. The molecule has 1 aliphatic rings. The van der Waals surface area contributed by atoms with Gasteiger partial charge in [-0.1, -0.05) is 100.0 Å². The Balaban J connectivity index is 0.000000105. The number of pyridine rings is 4. The van der Waals surface area contributed by atoms with Crippen molar-refractivity contribution in [2.45, 2.75) is 59.9 Å². The fourth-order valence-electron chi connectivity index (χ4n) is 16.9. The summed E-state index contributed by atoms with van der Waals surface area (Å²) < 4.78 is 15.8. The Morgan fingerprint density at radius 1 is 0.385 bits per heavy atom. The van der Waals surface area contributed by atoms with Crippen molar-refractivity contribution >= 4 is 134 Å². The molecule has 135 heavy (non-hydrogen) atoms. The van der Waals surface area contributed by atoms with Gasteiger partial charge < -0.3 is 54.9 Å². The van der Waals surface area contributed by atoms with E-state index in [-0.39, 0.29) is 17.7 Å². The largest absolute Gasteiger partial charge is 0.472 e. The average molecular weight is 1790 g/mol. The monoisotopic (exact) mass is 1790 g/mol. The van der Waals surface area contributed by atoms with Gasteiger partial charge in [-0.15, -0.1) is 0 Å². The maximum absolute atomic E-state index is 12.4. The number of H-pyrrole nitrogens is 8. The molecule has 1 aliphatic carbocycles.